The largest absolute Gasteiger partial charge is 0.0616 e. The highest BCUT2D eigenvalue weighted by Crippen LogP contribution is 2.21. The van der Waals surface area contributed by atoms with E-state index in [0.29, 0.717) is 0 Å². The highest BCUT2D eigenvalue weighted by Gasteiger charge is 1.95. The summed E-state index contributed by atoms with van der Waals surface area (Å²) in [6.07, 6.45) is 0. The first-order chi connectivity index (χ1) is 6.93. The normalized spacial score (nSPS) is 10.9. The molecular formula is C14H9. The molecular weight excluding hydrogens is 168 g/mol. The summed E-state index contributed by atoms with van der Waals surface area (Å²) in [4.78, 5) is 0. The molecule has 0 aliphatic rings. The Morgan fingerprint density at radius 1 is 0.714 bits per heavy atom. The SMILES string of the molecule is [c]1cccc2cc3ccccc3cc12. The second kappa shape index (κ2) is 2.85. The van der Waals surface area contributed by atoms with Crippen LogP contribution in [0.25, 0.3) is 21.5 Å². The molecule has 14 heavy (non-hydrogen) atoms. The van der Waals surface area contributed by atoms with Crippen molar-refractivity contribution < 1.29 is 0 Å². The Balaban J connectivity index is 2.52. The minimum Gasteiger partial charge on any atom is -0.0616 e. The molecule has 0 heterocycles. The molecule has 0 unspecified atom stereocenters. The van der Waals surface area contributed by atoms with E-state index < -0.39 is 0 Å². The van der Waals surface area contributed by atoms with Gasteiger partial charge in [0.1, 0.15) is 0 Å². The number of benzene rings is 3. The van der Waals surface area contributed by atoms with Gasteiger partial charge in [0.2, 0.25) is 0 Å². The fourth-order valence-corrected chi connectivity index (χ4v) is 1.81. The molecule has 0 amide bonds. The lowest BCUT2D eigenvalue weighted by Gasteiger charge is -2.00. The van der Waals surface area contributed by atoms with E-state index in [0.717, 1.165) is 0 Å². The third-order valence-electron chi connectivity index (χ3n) is 2.53. The Morgan fingerprint density at radius 3 is 2.29 bits per heavy atom. The van der Waals surface area contributed by atoms with Gasteiger partial charge in [-0.3, -0.25) is 0 Å². The van der Waals surface area contributed by atoms with E-state index >= 15 is 0 Å². The fraction of sp³-hybridized carbons (Fsp3) is 0. The van der Waals surface area contributed by atoms with Crippen molar-refractivity contribution >= 4 is 21.5 Å². The molecule has 0 nitrogen and oxygen atoms in total. The Hall–Kier alpha value is -1.82. The van der Waals surface area contributed by atoms with Gasteiger partial charge in [-0.2, -0.15) is 0 Å². The zero-order chi connectivity index (χ0) is 9.38. The first-order valence-electron chi connectivity index (χ1n) is 4.73. The summed E-state index contributed by atoms with van der Waals surface area (Å²) in [7, 11) is 0. The Bertz CT molecular complexity index is 489. The van der Waals surface area contributed by atoms with Crippen molar-refractivity contribution in [1.29, 1.82) is 0 Å². The first kappa shape index (κ1) is 7.57. The molecule has 65 valence electrons. The maximum atomic E-state index is 3.24. The van der Waals surface area contributed by atoms with Crippen LogP contribution < -0.4 is 0 Å². The van der Waals surface area contributed by atoms with Gasteiger partial charge in [0.05, 0.1) is 0 Å². The maximum Gasteiger partial charge on any atom is -0.00988 e. The number of fused-ring (bicyclic) bond motifs is 2. The minimum atomic E-state index is 1.19. The molecule has 0 N–H and O–H groups in total. The quantitative estimate of drug-likeness (QED) is 0.458. The van der Waals surface area contributed by atoms with Gasteiger partial charge in [-0.15, -0.1) is 0 Å². The molecule has 0 aromatic heterocycles. The smallest absolute Gasteiger partial charge is 0.00988 e. The average molecular weight is 177 g/mol. The van der Waals surface area contributed by atoms with Gasteiger partial charge in [0.15, 0.2) is 0 Å². The van der Waals surface area contributed by atoms with E-state index in [1.807, 2.05) is 12.1 Å². The lowest BCUT2D eigenvalue weighted by atomic mass is 10.0. The summed E-state index contributed by atoms with van der Waals surface area (Å²) in [5.74, 6) is 0. The van der Waals surface area contributed by atoms with Gasteiger partial charge in [0, 0.05) is 0 Å². The lowest BCUT2D eigenvalue weighted by molar-refractivity contribution is 1.76. The van der Waals surface area contributed by atoms with Gasteiger partial charge >= 0.3 is 0 Å². The molecule has 0 aliphatic heterocycles. The van der Waals surface area contributed by atoms with Crippen molar-refractivity contribution in [1.82, 2.24) is 0 Å². The van der Waals surface area contributed by atoms with E-state index in [1.165, 1.54) is 21.5 Å². The Kier molecular flexibility index (Phi) is 1.54. The fourth-order valence-electron chi connectivity index (χ4n) is 1.81. The van der Waals surface area contributed by atoms with E-state index in [9.17, 15) is 0 Å². The monoisotopic (exact) mass is 177 g/mol. The molecule has 0 aliphatic carbocycles. The summed E-state index contributed by atoms with van der Waals surface area (Å²) in [6, 6.07) is 22.2. The van der Waals surface area contributed by atoms with Gasteiger partial charge < -0.3 is 0 Å². The van der Waals surface area contributed by atoms with Crippen LogP contribution in [0.3, 0.4) is 0 Å². The molecule has 3 aromatic rings. The second-order valence-corrected chi connectivity index (χ2v) is 3.46. The molecule has 0 bridgehead atoms. The molecule has 0 atom stereocenters. The van der Waals surface area contributed by atoms with Crippen LogP contribution in [0, 0.1) is 6.07 Å². The van der Waals surface area contributed by atoms with Gasteiger partial charge in [-0.05, 0) is 39.7 Å². The van der Waals surface area contributed by atoms with E-state index in [4.69, 9.17) is 0 Å². The zero-order valence-corrected chi connectivity index (χ0v) is 7.70. The van der Waals surface area contributed by atoms with Crippen LogP contribution in [0.4, 0.5) is 0 Å². The zero-order valence-electron chi connectivity index (χ0n) is 7.70. The summed E-state index contributed by atoms with van der Waals surface area (Å²) in [6.45, 7) is 0. The summed E-state index contributed by atoms with van der Waals surface area (Å²) in [5, 5.41) is 5.01. The average Bonchev–Trinajstić information content (AvgIpc) is 2.26. The van der Waals surface area contributed by atoms with Crippen LogP contribution >= 0.6 is 0 Å². The van der Waals surface area contributed by atoms with E-state index in [1.54, 1.807) is 0 Å². The number of hydrogen-bond acceptors (Lipinski definition) is 0. The van der Waals surface area contributed by atoms with Gasteiger partial charge in [-0.1, -0.05) is 42.5 Å². The molecule has 0 saturated carbocycles. The molecule has 3 rings (SSSR count). The number of rotatable bonds is 0. The van der Waals surface area contributed by atoms with E-state index in [2.05, 4.69) is 48.5 Å². The summed E-state index contributed by atoms with van der Waals surface area (Å²) in [5.41, 5.74) is 0. The van der Waals surface area contributed by atoms with Crippen LogP contribution in [0.15, 0.2) is 54.6 Å². The molecule has 0 spiro atoms. The van der Waals surface area contributed by atoms with Crippen molar-refractivity contribution in [2.24, 2.45) is 0 Å². The van der Waals surface area contributed by atoms with Crippen LogP contribution in [0.1, 0.15) is 0 Å². The van der Waals surface area contributed by atoms with E-state index in [-0.39, 0.29) is 0 Å². The lowest BCUT2D eigenvalue weighted by Crippen LogP contribution is -1.74. The molecule has 1 radical (unpaired) electrons. The van der Waals surface area contributed by atoms with Crippen LogP contribution in [-0.2, 0) is 0 Å². The van der Waals surface area contributed by atoms with Crippen molar-refractivity contribution in [3.63, 3.8) is 0 Å². The molecule has 0 heteroatoms. The Labute approximate surface area is 82.8 Å². The van der Waals surface area contributed by atoms with Crippen molar-refractivity contribution in [2.45, 2.75) is 0 Å². The third kappa shape index (κ3) is 1.08. The van der Waals surface area contributed by atoms with Crippen LogP contribution in [-0.4, -0.2) is 0 Å². The van der Waals surface area contributed by atoms with Crippen molar-refractivity contribution in [3.8, 4) is 0 Å². The Morgan fingerprint density at radius 2 is 1.43 bits per heavy atom. The second-order valence-electron chi connectivity index (χ2n) is 3.46. The number of hydrogen-bond donors (Lipinski definition) is 0. The molecule has 3 aromatic carbocycles. The van der Waals surface area contributed by atoms with Crippen molar-refractivity contribution in [2.75, 3.05) is 0 Å². The molecule has 0 saturated heterocycles. The maximum absolute atomic E-state index is 3.24. The standard InChI is InChI=1S/C14H9/c1-2-6-12-10-14-8-4-3-7-13(14)9-11(12)5-1/h1-7,9-10H. The highest BCUT2D eigenvalue weighted by molar-refractivity contribution is 5.97. The van der Waals surface area contributed by atoms with Gasteiger partial charge in [-0.25, -0.2) is 0 Å². The van der Waals surface area contributed by atoms with Crippen molar-refractivity contribution in [3.05, 3.63) is 60.7 Å². The van der Waals surface area contributed by atoms with Crippen LogP contribution in [0.5, 0.6) is 0 Å². The summed E-state index contributed by atoms with van der Waals surface area (Å²) >= 11 is 0. The topological polar surface area (TPSA) is 0 Å². The van der Waals surface area contributed by atoms with Crippen LogP contribution in [0.2, 0.25) is 0 Å². The predicted octanol–water partition coefficient (Wildman–Crippen LogP) is 3.79. The third-order valence-corrected chi connectivity index (χ3v) is 2.53. The molecule has 0 fully saturated rings. The first-order valence-corrected chi connectivity index (χ1v) is 4.73. The van der Waals surface area contributed by atoms with Gasteiger partial charge in [0.25, 0.3) is 0 Å². The highest BCUT2D eigenvalue weighted by atomic mass is 14.0. The minimum absolute atomic E-state index is 1.19. The predicted molar refractivity (Wildman–Crippen MR) is 60.3 cm³/mol. The summed E-state index contributed by atoms with van der Waals surface area (Å²) < 4.78 is 0.